The molecule has 17 heavy (non-hydrogen) atoms. The first-order chi connectivity index (χ1) is 8.09. The van der Waals surface area contributed by atoms with Crippen LogP contribution in [-0.2, 0) is 13.6 Å². The van der Waals surface area contributed by atoms with Crippen molar-refractivity contribution in [2.45, 2.75) is 33.4 Å². The van der Waals surface area contributed by atoms with Gasteiger partial charge in [0.2, 0.25) is 0 Å². The van der Waals surface area contributed by atoms with Crippen LogP contribution in [0.25, 0.3) is 0 Å². The standard InChI is InChI=1S/C13H19N3O/c1-9-12(11(3)16(4)15-9)8-14-10(2)13-6-5-7-17-13/h5-7,10,14H,8H2,1-4H3/t10-/m0/s1. The van der Waals surface area contributed by atoms with Crippen molar-refractivity contribution in [1.29, 1.82) is 0 Å². The predicted molar refractivity (Wildman–Crippen MR) is 66.6 cm³/mol. The summed E-state index contributed by atoms with van der Waals surface area (Å²) in [6.07, 6.45) is 1.70. The third-order valence-corrected chi connectivity index (χ3v) is 3.21. The SMILES string of the molecule is Cc1nn(C)c(C)c1CN[C@@H](C)c1ccco1. The van der Waals surface area contributed by atoms with Crippen LogP contribution in [0, 0.1) is 13.8 Å². The van der Waals surface area contributed by atoms with E-state index in [9.17, 15) is 0 Å². The van der Waals surface area contributed by atoms with Gasteiger partial charge in [-0.05, 0) is 32.9 Å². The van der Waals surface area contributed by atoms with E-state index in [0.717, 1.165) is 18.0 Å². The molecule has 2 heterocycles. The van der Waals surface area contributed by atoms with E-state index < -0.39 is 0 Å². The van der Waals surface area contributed by atoms with Crippen LogP contribution in [0.2, 0.25) is 0 Å². The second kappa shape index (κ2) is 4.75. The third-order valence-electron chi connectivity index (χ3n) is 3.21. The Morgan fingerprint density at radius 3 is 2.76 bits per heavy atom. The summed E-state index contributed by atoms with van der Waals surface area (Å²) in [4.78, 5) is 0. The van der Waals surface area contributed by atoms with E-state index in [0.29, 0.717) is 0 Å². The molecule has 0 aliphatic heterocycles. The number of nitrogens with one attached hydrogen (secondary N) is 1. The molecule has 1 atom stereocenters. The topological polar surface area (TPSA) is 43.0 Å². The fourth-order valence-corrected chi connectivity index (χ4v) is 1.97. The van der Waals surface area contributed by atoms with Crippen LogP contribution in [0.5, 0.6) is 0 Å². The molecule has 0 radical (unpaired) electrons. The van der Waals surface area contributed by atoms with Crippen molar-refractivity contribution in [2.24, 2.45) is 7.05 Å². The number of aryl methyl sites for hydroxylation is 2. The van der Waals surface area contributed by atoms with E-state index in [1.165, 1.54) is 11.3 Å². The van der Waals surface area contributed by atoms with Gasteiger partial charge in [-0.3, -0.25) is 4.68 Å². The van der Waals surface area contributed by atoms with Crippen LogP contribution >= 0.6 is 0 Å². The maximum absolute atomic E-state index is 5.37. The Labute approximate surface area is 102 Å². The first-order valence-corrected chi connectivity index (χ1v) is 5.85. The largest absolute Gasteiger partial charge is 0.468 e. The van der Waals surface area contributed by atoms with Gasteiger partial charge < -0.3 is 9.73 Å². The highest BCUT2D eigenvalue weighted by atomic mass is 16.3. The molecule has 1 N–H and O–H groups in total. The van der Waals surface area contributed by atoms with Crippen LogP contribution < -0.4 is 5.32 Å². The molecule has 0 spiro atoms. The molecule has 2 rings (SSSR count). The smallest absolute Gasteiger partial charge is 0.120 e. The van der Waals surface area contributed by atoms with E-state index in [1.807, 2.05) is 30.8 Å². The van der Waals surface area contributed by atoms with Gasteiger partial charge >= 0.3 is 0 Å². The van der Waals surface area contributed by atoms with Crippen LogP contribution in [0.15, 0.2) is 22.8 Å². The van der Waals surface area contributed by atoms with Gasteiger partial charge in [0, 0.05) is 24.8 Å². The van der Waals surface area contributed by atoms with Gasteiger partial charge in [0.25, 0.3) is 0 Å². The minimum absolute atomic E-state index is 0.212. The van der Waals surface area contributed by atoms with Gasteiger partial charge in [-0.2, -0.15) is 5.10 Å². The van der Waals surface area contributed by atoms with Crippen molar-refractivity contribution in [1.82, 2.24) is 15.1 Å². The average Bonchev–Trinajstić information content (AvgIpc) is 2.88. The zero-order valence-corrected chi connectivity index (χ0v) is 10.8. The van der Waals surface area contributed by atoms with Crippen LogP contribution in [0.1, 0.15) is 35.7 Å². The summed E-state index contributed by atoms with van der Waals surface area (Å²) in [7, 11) is 1.97. The van der Waals surface area contributed by atoms with Crippen LogP contribution in [0.3, 0.4) is 0 Å². The molecule has 4 heteroatoms. The summed E-state index contributed by atoms with van der Waals surface area (Å²) in [6.45, 7) is 7.05. The molecule has 2 aromatic rings. The van der Waals surface area contributed by atoms with E-state index in [1.54, 1.807) is 6.26 Å². The van der Waals surface area contributed by atoms with Gasteiger partial charge in [0.1, 0.15) is 5.76 Å². The molecule has 0 bridgehead atoms. The highest BCUT2D eigenvalue weighted by Crippen LogP contribution is 2.16. The highest BCUT2D eigenvalue weighted by molar-refractivity contribution is 5.24. The van der Waals surface area contributed by atoms with Gasteiger partial charge in [-0.25, -0.2) is 0 Å². The highest BCUT2D eigenvalue weighted by Gasteiger charge is 2.12. The fraction of sp³-hybridized carbons (Fsp3) is 0.462. The Kier molecular flexibility index (Phi) is 3.33. The molecule has 92 valence electrons. The predicted octanol–water partition coefficient (Wildman–Crippen LogP) is 2.48. The van der Waals surface area contributed by atoms with Crippen molar-refractivity contribution >= 4 is 0 Å². The van der Waals surface area contributed by atoms with Gasteiger partial charge in [0.05, 0.1) is 18.0 Å². The summed E-state index contributed by atoms with van der Waals surface area (Å²) >= 11 is 0. The third kappa shape index (κ3) is 2.42. The van der Waals surface area contributed by atoms with E-state index in [-0.39, 0.29) is 6.04 Å². The number of furan rings is 1. The van der Waals surface area contributed by atoms with Gasteiger partial charge in [0.15, 0.2) is 0 Å². The van der Waals surface area contributed by atoms with Gasteiger partial charge in [-0.1, -0.05) is 0 Å². The lowest BCUT2D eigenvalue weighted by Crippen LogP contribution is -2.18. The lowest BCUT2D eigenvalue weighted by atomic mass is 10.1. The summed E-state index contributed by atoms with van der Waals surface area (Å²) in [5, 5.41) is 7.85. The Balaban J connectivity index is 2.03. The lowest BCUT2D eigenvalue weighted by Gasteiger charge is -2.11. The normalized spacial score (nSPS) is 12.9. The monoisotopic (exact) mass is 233 g/mol. The van der Waals surface area contributed by atoms with Crippen molar-refractivity contribution in [3.8, 4) is 0 Å². The molecule has 0 fully saturated rings. The molecule has 0 aromatic carbocycles. The molecule has 0 amide bonds. The Hall–Kier alpha value is -1.55. The molecule has 0 saturated heterocycles. The molecular weight excluding hydrogens is 214 g/mol. The maximum atomic E-state index is 5.37. The number of aromatic nitrogens is 2. The van der Waals surface area contributed by atoms with Crippen molar-refractivity contribution in [3.63, 3.8) is 0 Å². The van der Waals surface area contributed by atoms with Crippen LogP contribution in [-0.4, -0.2) is 9.78 Å². The lowest BCUT2D eigenvalue weighted by molar-refractivity contribution is 0.429. The Morgan fingerprint density at radius 1 is 1.47 bits per heavy atom. The zero-order chi connectivity index (χ0) is 12.4. The van der Waals surface area contributed by atoms with Crippen molar-refractivity contribution in [3.05, 3.63) is 41.1 Å². The molecular formula is C13H19N3O. The second-order valence-corrected chi connectivity index (χ2v) is 4.39. The average molecular weight is 233 g/mol. The summed E-state index contributed by atoms with van der Waals surface area (Å²) in [5.74, 6) is 0.962. The molecule has 0 aliphatic carbocycles. The van der Waals surface area contributed by atoms with E-state index >= 15 is 0 Å². The molecule has 0 unspecified atom stereocenters. The van der Waals surface area contributed by atoms with E-state index in [4.69, 9.17) is 4.42 Å². The molecule has 0 aliphatic rings. The minimum atomic E-state index is 0.212. The van der Waals surface area contributed by atoms with Crippen LogP contribution in [0.4, 0.5) is 0 Å². The molecule has 4 nitrogen and oxygen atoms in total. The number of rotatable bonds is 4. The Morgan fingerprint density at radius 2 is 2.24 bits per heavy atom. The number of hydrogen-bond acceptors (Lipinski definition) is 3. The number of nitrogens with zero attached hydrogens (tertiary/aromatic N) is 2. The minimum Gasteiger partial charge on any atom is -0.468 e. The second-order valence-electron chi connectivity index (χ2n) is 4.39. The maximum Gasteiger partial charge on any atom is 0.120 e. The van der Waals surface area contributed by atoms with E-state index in [2.05, 4.69) is 24.3 Å². The fourth-order valence-electron chi connectivity index (χ4n) is 1.97. The number of hydrogen-bond donors (Lipinski definition) is 1. The van der Waals surface area contributed by atoms with Crippen molar-refractivity contribution < 1.29 is 4.42 Å². The molecule has 2 aromatic heterocycles. The quantitative estimate of drug-likeness (QED) is 0.882. The van der Waals surface area contributed by atoms with Gasteiger partial charge in [-0.15, -0.1) is 0 Å². The molecule has 0 saturated carbocycles. The summed E-state index contributed by atoms with van der Waals surface area (Å²) in [5.41, 5.74) is 3.57. The summed E-state index contributed by atoms with van der Waals surface area (Å²) < 4.78 is 7.29. The first-order valence-electron chi connectivity index (χ1n) is 5.85. The summed E-state index contributed by atoms with van der Waals surface area (Å²) in [6, 6.07) is 4.11. The zero-order valence-electron chi connectivity index (χ0n) is 10.8. The Bertz CT molecular complexity index is 485. The van der Waals surface area contributed by atoms with Crippen molar-refractivity contribution in [2.75, 3.05) is 0 Å². The first kappa shape index (κ1) is 11.9.